The molecule has 3 N–H and O–H groups in total. The van der Waals surface area contributed by atoms with Crippen LogP contribution in [0.25, 0.3) is 0 Å². The van der Waals surface area contributed by atoms with Crippen LogP contribution in [0.2, 0.25) is 0 Å². The third-order valence-electron chi connectivity index (χ3n) is 1.98. The second kappa shape index (κ2) is 5.75. The highest BCUT2D eigenvalue weighted by Gasteiger charge is 2.07. The normalized spacial score (nSPS) is 9.56. The number of rotatable bonds is 5. The number of carbonyl (C=O) groups is 2. The summed E-state index contributed by atoms with van der Waals surface area (Å²) in [6, 6.07) is 7.05. The second-order valence-electron chi connectivity index (χ2n) is 3.21. The third-order valence-corrected chi connectivity index (χ3v) is 1.98. The number of anilines is 1. The summed E-state index contributed by atoms with van der Waals surface area (Å²) in [4.78, 5) is 21.9. The number of benzene rings is 1. The van der Waals surface area contributed by atoms with E-state index < -0.39 is 5.91 Å². The summed E-state index contributed by atoms with van der Waals surface area (Å²) in [6.07, 6.45) is 0.119. The first-order valence-corrected chi connectivity index (χ1v) is 4.84. The highest BCUT2D eigenvalue weighted by atomic mass is 16.5. The molecule has 1 aromatic rings. The van der Waals surface area contributed by atoms with Gasteiger partial charge in [0.15, 0.2) is 0 Å². The summed E-state index contributed by atoms with van der Waals surface area (Å²) in [5.41, 5.74) is 5.53. The Kier molecular flexibility index (Phi) is 4.32. The summed E-state index contributed by atoms with van der Waals surface area (Å²) < 4.78 is 5.07. The molecule has 5 heteroatoms. The van der Waals surface area contributed by atoms with Crippen molar-refractivity contribution in [2.75, 3.05) is 12.4 Å². The van der Waals surface area contributed by atoms with Crippen molar-refractivity contribution in [1.29, 1.82) is 0 Å². The van der Waals surface area contributed by atoms with E-state index in [-0.39, 0.29) is 18.7 Å². The largest absolute Gasteiger partial charge is 0.495 e. The van der Waals surface area contributed by atoms with Crippen LogP contribution in [-0.4, -0.2) is 18.9 Å². The van der Waals surface area contributed by atoms with Crippen molar-refractivity contribution in [3.05, 3.63) is 24.3 Å². The Bertz CT molecular complexity index is 391. The molecule has 0 aliphatic heterocycles. The van der Waals surface area contributed by atoms with E-state index in [1.54, 1.807) is 24.3 Å². The first-order chi connectivity index (χ1) is 7.63. The Balaban J connectivity index is 2.58. The maximum Gasteiger partial charge on any atom is 0.224 e. The fourth-order valence-corrected chi connectivity index (χ4v) is 1.20. The minimum Gasteiger partial charge on any atom is -0.495 e. The van der Waals surface area contributed by atoms with Crippen LogP contribution in [0.15, 0.2) is 24.3 Å². The van der Waals surface area contributed by atoms with Gasteiger partial charge in [0.25, 0.3) is 0 Å². The smallest absolute Gasteiger partial charge is 0.224 e. The van der Waals surface area contributed by atoms with E-state index in [2.05, 4.69) is 5.32 Å². The van der Waals surface area contributed by atoms with Crippen LogP contribution < -0.4 is 15.8 Å². The van der Waals surface area contributed by atoms with Gasteiger partial charge in [-0.1, -0.05) is 12.1 Å². The van der Waals surface area contributed by atoms with E-state index in [1.807, 2.05) is 0 Å². The lowest BCUT2D eigenvalue weighted by Crippen LogP contribution is -2.17. The molecule has 1 aromatic carbocycles. The minimum atomic E-state index is -0.491. The van der Waals surface area contributed by atoms with Gasteiger partial charge in [-0.3, -0.25) is 9.59 Å². The molecule has 86 valence electrons. The van der Waals surface area contributed by atoms with Gasteiger partial charge in [0, 0.05) is 12.8 Å². The lowest BCUT2D eigenvalue weighted by Gasteiger charge is -2.09. The Morgan fingerprint density at radius 2 is 2.00 bits per heavy atom. The molecule has 0 saturated heterocycles. The van der Waals surface area contributed by atoms with Gasteiger partial charge in [-0.15, -0.1) is 0 Å². The first-order valence-electron chi connectivity index (χ1n) is 4.84. The number of hydrogen-bond acceptors (Lipinski definition) is 3. The van der Waals surface area contributed by atoms with Crippen LogP contribution in [0, 0.1) is 0 Å². The van der Waals surface area contributed by atoms with Crippen LogP contribution in [-0.2, 0) is 9.59 Å². The number of nitrogens with two attached hydrogens (primary N) is 1. The Hall–Kier alpha value is -2.04. The van der Waals surface area contributed by atoms with Crippen molar-refractivity contribution in [3.63, 3.8) is 0 Å². The van der Waals surface area contributed by atoms with E-state index >= 15 is 0 Å². The number of hydrogen-bond donors (Lipinski definition) is 2. The average molecular weight is 222 g/mol. The van der Waals surface area contributed by atoms with Gasteiger partial charge in [-0.2, -0.15) is 0 Å². The Labute approximate surface area is 93.6 Å². The molecule has 1 rings (SSSR count). The van der Waals surface area contributed by atoms with E-state index in [4.69, 9.17) is 10.5 Å². The lowest BCUT2D eigenvalue weighted by atomic mass is 10.2. The van der Waals surface area contributed by atoms with Gasteiger partial charge < -0.3 is 15.8 Å². The molecule has 0 saturated carbocycles. The van der Waals surface area contributed by atoms with Crippen molar-refractivity contribution in [3.8, 4) is 5.75 Å². The topological polar surface area (TPSA) is 81.4 Å². The van der Waals surface area contributed by atoms with Crippen LogP contribution in [0.1, 0.15) is 12.8 Å². The Morgan fingerprint density at radius 3 is 2.62 bits per heavy atom. The average Bonchev–Trinajstić information content (AvgIpc) is 2.27. The van der Waals surface area contributed by atoms with E-state index in [9.17, 15) is 9.59 Å². The molecule has 0 unspecified atom stereocenters. The maximum atomic E-state index is 11.4. The summed E-state index contributed by atoms with van der Waals surface area (Å²) >= 11 is 0. The van der Waals surface area contributed by atoms with Crippen molar-refractivity contribution in [2.45, 2.75) is 12.8 Å². The molecule has 0 atom stereocenters. The molecule has 0 heterocycles. The fourth-order valence-electron chi connectivity index (χ4n) is 1.20. The SMILES string of the molecule is COc1ccccc1NC(=O)CCC(N)=O. The lowest BCUT2D eigenvalue weighted by molar-refractivity contribution is -0.122. The van der Waals surface area contributed by atoms with Crippen LogP contribution in [0.3, 0.4) is 0 Å². The Morgan fingerprint density at radius 1 is 1.31 bits per heavy atom. The fraction of sp³-hybridized carbons (Fsp3) is 0.273. The molecule has 0 spiro atoms. The zero-order valence-corrected chi connectivity index (χ0v) is 9.03. The van der Waals surface area contributed by atoms with Gasteiger partial charge >= 0.3 is 0 Å². The number of amides is 2. The van der Waals surface area contributed by atoms with Gasteiger partial charge in [-0.25, -0.2) is 0 Å². The summed E-state index contributed by atoms with van der Waals surface area (Å²) in [7, 11) is 1.52. The van der Waals surface area contributed by atoms with Crippen molar-refractivity contribution in [2.24, 2.45) is 5.73 Å². The number of methoxy groups -OCH3 is 1. The van der Waals surface area contributed by atoms with Crippen LogP contribution in [0.5, 0.6) is 5.75 Å². The number of nitrogens with one attached hydrogen (secondary N) is 1. The summed E-state index contributed by atoms with van der Waals surface area (Å²) in [5.74, 6) is -0.173. The molecule has 2 amide bonds. The highest BCUT2D eigenvalue weighted by Crippen LogP contribution is 2.23. The molecule has 5 nitrogen and oxygen atoms in total. The molecule has 0 aliphatic rings. The molecule has 16 heavy (non-hydrogen) atoms. The van der Waals surface area contributed by atoms with Gasteiger partial charge in [0.1, 0.15) is 5.75 Å². The van der Waals surface area contributed by atoms with Gasteiger partial charge in [0.2, 0.25) is 11.8 Å². The van der Waals surface area contributed by atoms with Crippen molar-refractivity contribution in [1.82, 2.24) is 0 Å². The monoisotopic (exact) mass is 222 g/mol. The summed E-state index contributed by atoms with van der Waals surface area (Å²) in [6.45, 7) is 0. The molecular weight excluding hydrogens is 208 g/mol. The first kappa shape index (κ1) is 12.0. The third kappa shape index (κ3) is 3.61. The molecular formula is C11H14N2O3. The number of para-hydroxylation sites is 2. The zero-order valence-electron chi connectivity index (χ0n) is 9.03. The molecule has 0 aliphatic carbocycles. The number of carbonyl (C=O) groups excluding carboxylic acids is 2. The van der Waals surface area contributed by atoms with Crippen LogP contribution in [0.4, 0.5) is 5.69 Å². The summed E-state index contributed by atoms with van der Waals surface area (Å²) in [5, 5.41) is 2.65. The van der Waals surface area contributed by atoms with E-state index in [0.717, 1.165) is 0 Å². The predicted molar refractivity (Wildman–Crippen MR) is 60.1 cm³/mol. The quantitative estimate of drug-likeness (QED) is 0.776. The van der Waals surface area contributed by atoms with Crippen molar-refractivity contribution < 1.29 is 14.3 Å². The van der Waals surface area contributed by atoms with Crippen LogP contribution >= 0.6 is 0 Å². The van der Waals surface area contributed by atoms with Gasteiger partial charge in [0.05, 0.1) is 12.8 Å². The standard InChI is InChI=1S/C11H14N2O3/c1-16-9-5-3-2-4-8(9)13-11(15)7-6-10(12)14/h2-5H,6-7H2,1H3,(H2,12,14)(H,13,15). The number of primary amides is 1. The van der Waals surface area contributed by atoms with Crippen molar-refractivity contribution >= 4 is 17.5 Å². The van der Waals surface area contributed by atoms with E-state index in [0.29, 0.717) is 11.4 Å². The second-order valence-corrected chi connectivity index (χ2v) is 3.21. The van der Waals surface area contributed by atoms with E-state index in [1.165, 1.54) is 7.11 Å². The zero-order chi connectivity index (χ0) is 12.0. The predicted octanol–water partition coefficient (Wildman–Crippen LogP) is 0.899. The molecule has 0 fully saturated rings. The number of ether oxygens (including phenoxy) is 1. The maximum absolute atomic E-state index is 11.4. The van der Waals surface area contributed by atoms with Gasteiger partial charge in [-0.05, 0) is 12.1 Å². The minimum absolute atomic E-state index is 0.0426. The highest BCUT2D eigenvalue weighted by molar-refractivity contribution is 5.94. The molecule has 0 radical (unpaired) electrons. The molecule has 0 aromatic heterocycles. The molecule has 0 bridgehead atoms.